The van der Waals surface area contributed by atoms with E-state index in [0.29, 0.717) is 11.8 Å². The Kier molecular flexibility index (Phi) is 3.98. The first-order valence-electron chi connectivity index (χ1n) is 7.29. The zero-order valence-electron chi connectivity index (χ0n) is 12.1. The second-order valence-electron chi connectivity index (χ2n) is 6.35. The number of rotatable bonds is 3. The topological polar surface area (TPSA) is 37.3 Å². The molecule has 0 heterocycles. The fraction of sp³-hybridized carbons (Fsp3) is 0.588. The SMILES string of the molecule is CC1CCC(C(=O)O)(c2ccc(C(C)C)cc2)CC1. The molecule has 1 aliphatic rings. The van der Waals surface area contributed by atoms with Gasteiger partial charge in [-0.1, -0.05) is 45.0 Å². The molecule has 0 aromatic heterocycles. The van der Waals surface area contributed by atoms with Crippen molar-refractivity contribution in [3.05, 3.63) is 35.4 Å². The highest BCUT2D eigenvalue weighted by atomic mass is 16.4. The molecule has 2 nitrogen and oxygen atoms in total. The molecular formula is C17H24O2. The summed E-state index contributed by atoms with van der Waals surface area (Å²) < 4.78 is 0. The number of carboxylic acid groups (broad SMARTS) is 1. The van der Waals surface area contributed by atoms with E-state index in [1.807, 2.05) is 12.1 Å². The summed E-state index contributed by atoms with van der Waals surface area (Å²) in [5, 5.41) is 9.71. The van der Waals surface area contributed by atoms with Gasteiger partial charge in [0.1, 0.15) is 0 Å². The molecule has 2 heteroatoms. The van der Waals surface area contributed by atoms with Crippen LogP contribution in [0.15, 0.2) is 24.3 Å². The van der Waals surface area contributed by atoms with E-state index in [9.17, 15) is 9.90 Å². The van der Waals surface area contributed by atoms with Gasteiger partial charge in [-0.25, -0.2) is 0 Å². The van der Waals surface area contributed by atoms with Gasteiger partial charge in [0.25, 0.3) is 0 Å². The van der Waals surface area contributed by atoms with Crippen molar-refractivity contribution in [1.29, 1.82) is 0 Å². The number of carboxylic acids is 1. The van der Waals surface area contributed by atoms with Crippen LogP contribution in [-0.4, -0.2) is 11.1 Å². The van der Waals surface area contributed by atoms with Crippen LogP contribution in [0.5, 0.6) is 0 Å². The van der Waals surface area contributed by atoms with Crippen LogP contribution in [0.3, 0.4) is 0 Å². The van der Waals surface area contributed by atoms with E-state index in [2.05, 4.69) is 32.9 Å². The molecule has 0 saturated heterocycles. The van der Waals surface area contributed by atoms with Gasteiger partial charge in [-0.05, 0) is 48.6 Å². The minimum absolute atomic E-state index is 0.487. The first-order chi connectivity index (χ1) is 8.95. The number of benzene rings is 1. The van der Waals surface area contributed by atoms with Gasteiger partial charge in [-0.2, -0.15) is 0 Å². The zero-order valence-corrected chi connectivity index (χ0v) is 12.1. The third kappa shape index (κ3) is 2.68. The lowest BCUT2D eigenvalue weighted by Crippen LogP contribution is -2.39. The number of hydrogen-bond acceptors (Lipinski definition) is 1. The molecule has 0 unspecified atom stereocenters. The average molecular weight is 260 g/mol. The van der Waals surface area contributed by atoms with Gasteiger partial charge in [-0.3, -0.25) is 4.79 Å². The van der Waals surface area contributed by atoms with E-state index in [1.165, 1.54) is 5.56 Å². The molecule has 1 N–H and O–H groups in total. The number of hydrogen-bond donors (Lipinski definition) is 1. The van der Waals surface area contributed by atoms with Crippen LogP contribution in [0, 0.1) is 5.92 Å². The predicted octanol–water partition coefficient (Wildman–Crippen LogP) is 4.34. The largest absolute Gasteiger partial charge is 0.481 e. The first-order valence-corrected chi connectivity index (χ1v) is 7.29. The first kappa shape index (κ1) is 14.1. The number of carbonyl (C=O) groups is 1. The van der Waals surface area contributed by atoms with Crippen LogP contribution in [0.4, 0.5) is 0 Å². The second kappa shape index (κ2) is 5.36. The molecule has 1 aromatic rings. The van der Waals surface area contributed by atoms with Crippen LogP contribution in [0.25, 0.3) is 0 Å². The van der Waals surface area contributed by atoms with Crippen molar-refractivity contribution in [2.75, 3.05) is 0 Å². The predicted molar refractivity (Wildman–Crippen MR) is 77.5 cm³/mol. The van der Waals surface area contributed by atoms with Gasteiger partial charge < -0.3 is 5.11 Å². The van der Waals surface area contributed by atoms with E-state index in [1.54, 1.807) is 0 Å². The van der Waals surface area contributed by atoms with E-state index in [0.717, 1.165) is 31.2 Å². The lowest BCUT2D eigenvalue weighted by Gasteiger charge is -2.36. The third-order valence-corrected chi connectivity index (χ3v) is 4.67. The quantitative estimate of drug-likeness (QED) is 0.877. The Morgan fingerprint density at radius 1 is 1.21 bits per heavy atom. The van der Waals surface area contributed by atoms with Gasteiger partial charge >= 0.3 is 5.97 Å². The summed E-state index contributed by atoms with van der Waals surface area (Å²) in [7, 11) is 0. The monoisotopic (exact) mass is 260 g/mol. The molecule has 1 fully saturated rings. The maximum Gasteiger partial charge on any atom is 0.314 e. The fourth-order valence-electron chi connectivity index (χ4n) is 3.07. The van der Waals surface area contributed by atoms with Crippen LogP contribution in [0.2, 0.25) is 0 Å². The Hall–Kier alpha value is -1.31. The standard InChI is InChI=1S/C17H24O2/c1-12(2)14-4-6-15(7-5-14)17(16(18)19)10-8-13(3)9-11-17/h4-7,12-13H,8-11H2,1-3H3,(H,18,19). The van der Waals surface area contributed by atoms with E-state index in [-0.39, 0.29) is 0 Å². The summed E-state index contributed by atoms with van der Waals surface area (Å²) in [6, 6.07) is 8.23. The van der Waals surface area contributed by atoms with Crippen molar-refractivity contribution >= 4 is 5.97 Å². The maximum absolute atomic E-state index is 11.8. The van der Waals surface area contributed by atoms with Crippen molar-refractivity contribution in [2.24, 2.45) is 5.92 Å². The van der Waals surface area contributed by atoms with Crippen LogP contribution in [-0.2, 0) is 10.2 Å². The molecule has 0 spiro atoms. The average Bonchev–Trinajstić information content (AvgIpc) is 2.39. The third-order valence-electron chi connectivity index (χ3n) is 4.67. The fourth-order valence-corrected chi connectivity index (χ4v) is 3.07. The second-order valence-corrected chi connectivity index (χ2v) is 6.35. The summed E-state index contributed by atoms with van der Waals surface area (Å²) in [6.45, 7) is 6.53. The molecule has 1 aromatic carbocycles. The van der Waals surface area contributed by atoms with Crippen molar-refractivity contribution in [3.8, 4) is 0 Å². The Morgan fingerprint density at radius 2 is 1.74 bits per heavy atom. The summed E-state index contributed by atoms with van der Waals surface area (Å²) in [5.74, 6) is 0.486. The molecule has 19 heavy (non-hydrogen) atoms. The smallest absolute Gasteiger partial charge is 0.314 e. The highest BCUT2D eigenvalue weighted by Gasteiger charge is 2.42. The van der Waals surface area contributed by atoms with Crippen molar-refractivity contribution < 1.29 is 9.90 Å². The minimum atomic E-state index is -0.656. The lowest BCUT2D eigenvalue weighted by atomic mass is 9.67. The van der Waals surface area contributed by atoms with E-state index < -0.39 is 11.4 Å². The Balaban J connectivity index is 2.32. The minimum Gasteiger partial charge on any atom is -0.481 e. The molecule has 1 aliphatic carbocycles. The highest BCUT2D eigenvalue weighted by molar-refractivity contribution is 5.81. The molecule has 2 rings (SSSR count). The lowest BCUT2D eigenvalue weighted by molar-refractivity contribution is -0.145. The normalized spacial score (nSPS) is 27.5. The van der Waals surface area contributed by atoms with Gasteiger partial charge in [0.2, 0.25) is 0 Å². The molecule has 0 atom stereocenters. The molecule has 0 amide bonds. The van der Waals surface area contributed by atoms with E-state index >= 15 is 0 Å². The van der Waals surface area contributed by atoms with Gasteiger partial charge in [0, 0.05) is 0 Å². The Bertz CT molecular complexity index is 437. The summed E-state index contributed by atoms with van der Waals surface area (Å²) in [4.78, 5) is 11.8. The maximum atomic E-state index is 11.8. The Labute approximate surface area is 115 Å². The molecule has 1 saturated carbocycles. The molecule has 0 bridgehead atoms. The molecular weight excluding hydrogens is 236 g/mol. The highest BCUT2D eigenvalue weighted by Crippen LogP contribution is 2.42. The van der Waals surface area contributed by atoms with Crippen LogP contribution < -0.4 is 0 Å². The summed E-state index contributed by atoms with van der Waals surface area (Å²) in [5.41, 5.74) is 1.60. The summed E-state index contributed by atoms with van der Waals surface area (Å²) >= 11 is 0. The molecule has 0 aliphatic heterocycles. The van der Waals surface area contributed by atoms with Crippen LogP contribution >= 0.6 is 0 Å². The van der Waals surface area contributed by atoms with Gasteiger partial charge in [0.15, 0.2) is 0 Å². The Morgan fingerprint density at radius 3 is 2.16 bits per heavy atom. The summed E-state index contributed by atoms with van der Waals surface area (Å²) in [6.07, 6.45) is 3.56. The van der Waals surface area contributed by atoms with Crippen molar-refractivity contribution in [2.45, 2.75) is 57.8 Å². The molecule has 104 valence electrons. The van der Waals surface area contributed by atoms with Gasteiger partial charge in [-0.15, -0.1) is 0 Å². The molecule has 0 radical (unpaired) electrons. The van der Waals surface area contributed by atoms with Crippen molar-refractivity contribution in [3.63, 3.8) is 0 Å². The zero-order chi connectivity index (χ0) is 14.0. The van der Waals surface area contributed by atoms with Crippen molar-refractivity contribution in [1.82, 2.24) is 0 Å². The number of aliphatic carboxylic acids is 1. The van der Waals surface area contributed by atoms with Gasteiger partial charge in [0.05, 0.1) is 5.41 Å². The van der Waals surface area contributed by atoms with Crippen LogP contribution in [0.1, 0.15) is 63.5 Å². The van der Waals surface area contributed by atoms with E-state index in [4.69, 9.17) is 0 Å².